The first kappa shape index (κ1) is 31.9. The van der Waals surface area contributed by atoms with Gasteiger partial charge < -0.3 is 19.1 Å². The molecule has 7 aromatic carbocycles. The van der Waals surface area contributed by atoms with Crippen LogP contribution in [0.1, 0.15) is 45.7 Å². The molecule has 3 unspecified atom stereocenters. The van der Waals surface area contributed by atoms with Crippen molar-refractivity contribution in [3.05, 3.63) is 210 Å². The van der Waals surface area contributed by atoms with Gasteiger partial charge in [-0.25, -0.2) is 9.98 Å². The van der Waals surface area contributed by atoms with Crippen LogP contribution < -0.4 is 10.2 Å². The van der Waals surface area contributed by atoms with Crippen LogP contribution in [-0.2, 0) is 0 Å². The molecule has 1 N–H and O–H groups in total. The second-order valence-corrected chi connectivity index (χ2v) is 14.9. The molecule has 6 heteroatoms. The highest BCUT2D eigenvalue weighted by atomic mass is 16.3. The number of furan rings is 2. The Balaban J connectivity index is 1.07. The van der Waals surface area contributed by atoms with Crippen molar-refractivity contribution in [2.75, 3.05) is 4.90 Å². The molecule has 0 spiro atoms. The lowest BCUT2D eigenvalue weighted by molar-refractivity contribution is 0.584. The maximum Gasteiger partial charge on any atom is 0.170 e. The molecule has 3 atom stereocenters. The molecule has 57 heavy (non-hydrogen) atoms. The van der Waals surface area contributed by atoms with Gasteiger partial charge in [-0.1, -0.05) is 133 Å². The highest BCUT2D eigenvalue weighted by Crippen LogP contribution is 2.54. The quantitative estimate of drug-likeness (QED) is 0.191. The number of aliphatic imine (C=N–C) groups is 2. The molecule has 0 amide bonds. The summed E-state index contributed by atoms with van der Waals surface area (Å²) in [6.07, 6.45) is 3.89. The van der Waals surface area contributed by atoms with Crippen molar-refractivity contribution in [1.29, 1.82) is 0 Å². The van der Waals surface area contributed by atoms with Gasteiger partial charge in [-0.2, -0.15) is 0 Å². The van der Waals surface area contributed by atoms with Gasteiger partial charge in [-0.3, -0.25) is 0 Å². The molecule has 4 heterocycles. The van der Waals surface area contributed by atoms with Gasteiger partial charge in [0, 0.05) is 55.7 Å². The van der Waals surface area contributed by atoms with E-state index >= 15 is 0 Å². The SMILES string of the molecule is C1=CC2C(c3ccccc3N2c2ccccc2)c2c1oc1cccc(C3N=C(c4cccc(-c5ccccc5)c4)NC(c4cccc5oc6ccccc6c45)=N3)c21. The maximum absolute atomic E-state index is 6.74. The van der Waals surface area contributed by atoms with Crippen LogP contribution in [-0.4, -0.2) is 17.7 Å². The molecule has 0 bridgehead atoms. The van der Waals surface area contributed by atoms with Crippen molar-refractivity contribution in [1.82, 2.24) is 5.32 Å². The van der Waals surface area contributed by atoms with E-state index in [0.717, 1.165) is 78.2 Å². The Morgan fingerprint density at radius 3 is 2.09 bits per heavy atom. The minimum Gasteiger partial charge on any atom is -0.456 e. The summed E-state index contributed by atoms with van der Waals surface area (Å²) >= 11 is 0. The highest BCUT2D eigenvalue weighted by Gasteiger charge is 2.44. The van der Waals surface area contributed by atoms with E-state index in [1.54, 1.807) is 0 Å². The maximum atomic E-state index is 6.74. The summed E-state index contributed by atoms with van der Waals surface area (Å²) in [7, 11) is 0. The van der Waals surface area contributed by atoms with Gasteiger partial charge in [-0.15, -0.1) is 0 Å². The normalized spacial score (nSPS) is 18.2. The number of rotatable bonds is 5. The first-order chi connectivity index (χ1) is 28.3. The Kier molecular flexibility index (Phi) is 7.01. The Morgan fingerprint density at radius 1 is 0.526 bits per heavy atom. The first-order valence-corrected chi connectivity index (χ1v) is 19.4. The van der Waals surface area contributed by atoms with Crippen molar-refractivity contribution < 1.29 is 8.83 Å². The van der Waals surface area contributed by atoms with Crippen molar-refractivity contribution in [2.45, 2.75) is 18.1 Å². The number of para-hydroxylation sites is 3. The van der Waals surface area contributed by atoms with Crippen LogP contribution in [0.2, 0.25) is 0 Å². The minimum atomic E-state index is -0.568. The molecule has 2 aliphatic heterocycles. The fourth-order valence-corrected chi connectivity index (χ4v) is 9.26. The van der Waals surface area contributed by atoms with Crippen LogP contribution in [0.25, 0.3) is 50.1 Å². The first-order valence-electron chi connectivity index (χ1n) is 19.4. The smallest absolute Gasteiger partial charge is 0.170 e. The summed E-state index contributed by atoms with van der Waals surface area (Å²) in [5.74, 6) is 2.42. The predicted octanol–water partition coefficient (Wildman–Crippen LogP) is 12.2. The number of nitrogens with zero attached hydrogens (tertiary/aromatic N) is 3. The molecule has 0 radical (unpaired) electrons. The van der Waals surface area contributed by atoms with E-state index in [1.165, 1.54) is 22.5 Å². The molecule has 0 saturated heterocycles. The number of fused-ring (bicyclic) bond motifs is 10. The lowest BCUT2D eigenvalue weighted by atomic mass is 9.81. The molecule has 3 aliphatic rings. The van der Waals surface area contributed by atoms with E-state index in [1.807, 2.05) is 30.3 Å². The Bertz CT molecular complexity index is 3140. The van der Waals surface area contributed by atoms with E-state index in [0.29, 0.717) is 0 Å². The molecular weight excluding hydrogens is 701 g/mol. The third kappa shape index (κ3) is 4.97. The largest absolute Gasteiger partial charge is 0.456 e. The van der Waals surface area contributed by atoms with Gasteiger partial charge >= 0.3 is 0 Å². The average molecular weight is 735 g/mol. The third-order valence-electron chi connectivity index (χ3n) is 11.7. The van der Waals surface area contributed by atoms with Gasteiger partial charge in [0.05, 0.1) is 6.04 Å². The highest BCUT2D eigenvalue weighted by molar-refractivity contribution is 6.23. The van der Waals surface area contributed by atoms with Crippen LogP contribution in [0.3, 0.4) is 0 Å². The Labute approximate surface area is 328 Å². The second-order valence-electron chi connectivity index (χ2n) is 14.9. The van der Waals surface area contributed by atoms with Gasteiger partial charge in [0.15, 0.2) is 6.17 Å². The number of anilines is 2. The van der Waals surface area contributed by atoms with Gasteiger partial charge in [0.2, 0.25) is 0 Å². The number of nitrogens with one attached hydrogen (secondary N) is 1. The standard InChI is InChI=1S/C51H34N4O2/c1-3-14-31(15-4-1)32-16-11-17-33(30-32)49-52-50(37-22-12-26-42-45(37)36-21-8-10-25-41(36)56-42)54-51(53-49)38-23-13-27-43-47(38)48-44(57-43)29-28-40-46(48)35-20-7-9-24-39(35)55(40)34-18-5-2-6-19-34/h1-30,40,46,51H,(H,52,53,54). The van der Waals surface area contributed by atoms with Crippen molar-refractivity contribution in [3.8, 4) is 11.1 Å². The van der Waals surface area contributed by atoms with Crippen molar-refractivity contribution >= 4 is 62.0 Å². The molecule has 2 aromatic heterocycles. The number of benzene rings is 7. The summed E-state index contributed by atoms with van der Waals surface area (Å²) in [5, 5.41) is 6.84. The summed E-state index contributed by atoms with van der Waals surface area (Å²) < 4.78 is 13.1. The number of hydrogen-bond acceptors (Lipinski definition) is 6. The summed E-state index contributed by atoms with van der Waals surface area (Å²) in [6.45, 7) is 0. The number of hydrogen-bond donors (Lipinski definition) is 1. The number of amidine groups is 2. The van der Waals surface area contributed by atoms with E-state index in [4.69, 9.17) is 18.8 Å². The van der Waals surface area contributed by atoms with Gasteiger partial charge in [0.25, 0.3) is 0 Å². The minimum absolute atomic E-state index is 0.0472. The second kappa shape index (κ2) is 12.5. The summed E-state index contributed by atoms with van der Waals surface area (Å²) in [4.78, 5) is 13.4. The molecular formula is C51H34N4O2. The predicted molar refractivity (Wildman–Crippen MR) is 230 cm³/mol. The third-order valence-corrected chi connectivity index (χ3v) is 11.7. The van der Waals surface area contributed by atoms with Crippen LogP contribution in [0, 0.1) is 0 Å². The van der Waals surface area contributed by atoms with Crippen LogP contribution in [0.4, 0.5) is 11.4 Å². The van der Waals surface area contributed by atoms with Gasteiger partial charge in [0.1, 0.15) is 34.2 Å². The topological polar surface area (TPSA) is 66.3 Å². The fraction of sp³-hybridized carbons (Fsp3) is 0.0588. The van der Waals surface area contributed by atoms with E-state index in [2.05, 4.69) is 162 Å². The molecule has 1 aliphatic carbocycles. The summed E-state index contributed by atoms with van der Waals surface area (Å²) in [5.41, 5.74) is 12.5. The fourth-order valence-electron chi connectivity index (χ4n) is 9.26. The molecule has 6 nitrogen and oxygen atoms in total. The summed E-state index contributed by atoms with van der Waals surface area (Å²) in [6, 6.07) is 59.3. The van der Waals surface area contributed by atoms with Crippen LogP contribution in [0.15, 0.2) is 195 Å². The van der Waals surface area contributed by atoms with E-state index < -0.39 is 6.17 Å². The van der Waals surface area contributed by atoms with E-state index in [-0.39, 0.29) is 12.0 Å². The van der Waals surface area contributed by atoms with Crippen LogP contribution >= 0.6 is 0 Å². The lowest BCUT2D eigenvalue weighted by Crippen LogP contribution is -2.36. The van der Waals surface area contributed by atoms with Crippen molar-refractivity contribution in [2.24, 2.45) is 9.98 Å². The zero-order chi connectivity index (χ0) is 37.5. The molecule has 0 fully saturated rings. The molecule has 9 aromatic rings. The molecule has 0 saturated carbocycles. The Morgan fingerprint density at radius 2 is 1.19 bits per heavy atom. The zero-order valence-corrected chi connectivity index (χ0v) is 30.7. The molecule has 12 rings (SSSR count). The Hall–Kier alpha value is -7.44. The van der Waals surface area contributed by atoms with Crippen molar-refractivity contribution in [3.63, 3.8) is 0 Å². The molecule has 270 valence electrons. The lowest BCUT2D eigenvalue weighted by Gasteiger charge is -2.30. The zero-order valence-electron chi connectivity index (χ0n) is 30.7. The average Bonchev–Trinajstić information content (AvgIpc) is 3.96. The van der Waals surface area contributed by atoms with E-state index in [9.17, 15) is 0 Å². The monoisotopic (exact) mass is 734 g/mol. The van der Waals surface area contributed by atoms with Crippen LogP contribution in [0.5, 0.6) is 0 Å². The van der Waals surface area contributed by atoms with Gasteiger partial charge in [-0.05, 0) is 65.2 Å².